The number of nitrogens with zero attached hydrogens (tertiary/aromatic N) is 1. The van der Waals surface area contributed by atoms with Crippen LogP contribution in [0.2, 0.25) is 0 Å². The molecule has 15 heavy (non-hydrogen) atoms. The van der Waals surface area contributed by atoms with Crippen molar-refractivity contribution in [2.45, 2.75) is 33.1 Å². The Morgan fingerprint density at radius 2 is 1.80 bits per heavy atom. The van der Waals surface area contributed by atoms with E-state index in [4.69, 9.17) is 5.73 Å². The molecule has 3 N–H and O–H groups in total. The van der Waals surface area contributed by atoms with E-state index in [-0.39, 0.29) is 12.5 Å². The first-order valence-corrected chi connectivity index (χ1v) is 5.93. The molecule has 0 unspecified atom stereocenters. The Hall–Kier alpha value is -0.610. The van der Waals surface area contributed by atoms with Crippen LogP contribution in [-0.4, -0.2) is 43.5 Å². The van der Waals surface area contributed by atoms with Crippen LogP contribution in [0.1, 0.15) is 33.1 Å². The Morgan fingerprint density at radius 3 is 2.27 bits per heavy atom. The number of rotatable bonds is 9. The summed E-state index contributed by atoms with van der Waals surface area (Å²) in [5.41, 5.74) is 5.19. The Bertz CT molecular complexity index is 156. The van der Waals surface area contributed by atoms with Crippen LogP contribution in [0.4, 0.5) is 0 Å². The molecule has 0 aromatic heterocycles. The molecule has 4 nitrogen and oxygen atoms in total. The quantitative estimate of drug-likeness (QED) is 0.553. The summed E-state index contributed by atoms with van der Waals surface area (Å²) in [6.45, 7) is 8.58. The third-order valence-corrected chi connectivity index (χ3v) is 2.24. The number of hydrogen-bond acceptors (Lipinski definition) is 3. The zero-order valence-corrected chi connectivity index (χ0v) is 10.1. The molecule has 0 aliphatic heterocycles. The van der Waals surface area contributed by atoms with Gasteiger partial charge in [0, 0.05) is 6.54 Å². The van der Waals surface area contributed by atoms with Gasteiger partial charge in [-0.3, -0.25) is 4.79 Å². The Labute approximate surface area is 93.2 Å². The highest BCUT2D eigenvalue weighted by Gasteiger charge is 2.02. The van der Waals surface area contributed by atoms with Crippen molar-refractivity contribution in [1.82, 2.24) is 10.2 Å². The average Bonchev–Trinajstić information content (AvgIpc) is 2.24. The van der Waals surface area contributed by atoms with E-state index in [0.717, 1.165) is 32.6 Å². The van der Waals surface area contributed by atoms with Gasteiger partial charge in [0.1, 0.15) is 0 Å². The second kappa shape index (κ2) is 9.93. The van der Waals surface area contributed by atoms with Crippen molar-refractivity contribution in [2.24, 2.45) is 5.73 Å². The van der Waals surface area contributed by atoms with Crippen LogP contribution in [0.3, 0.4) is 0 Å². The van der Waals surface area contributed by atoms with Gasteiger partial charge in [-0.15, -0.1) is 0 Å². The number of hydrogen-bond donors (Lipinski definition) is 2. The second-order valence-electron chi connectivity index (χ2n) is 3.75. The van der Waals surface area contributed by atoms with Crippen LogP contribution in [0.15, 0.2) is 0 Å². The minimum Gasteiger partial charge on any atom is -0.355 e. The first-order chi connectivity index (χ1) is 7.24. The molecule has 0 heterocycles. The number of nitrogens with two attached hydrogens (primary N) is 1. The molecular weight excluding hydrogens is 190 g/mol. The second-order valence-corrected chi connectivity index (χ2v) is 3.75. The van der Waals surface area contributed by atoms with E-state index < -0.39 is 0 Å². The molecule has 0 atom stereocenters. The highest BCUT2D eigenvalue weighted by molar-refractivity contribution is 5.77. The van der Waals surface area contributed by atoms with Crippen LogP contribution in [0.25, 0.3) is 0 Å². The first-order valence-electron chi connectivity index (χ1n) is 5.93. The van der Waals surface area contributed by atoms with Crippen LogP contribution < -0.4 is 11.1 Å². The topological polar surface area (TPSA) is 58.4 Å². The predicted octanol–water partition coefficient (Wildman–Crippen LogP) is 0.573. The fraction of sp³-hybridized carbons (Fsp3) is 0.909. The van der Waals surface area contributed by atoms with Crippen LogP contribution in [-0.2, 0) is 4.79 Å². The number of carbonyl (C=O) groups excluding carboxylic acids is 1. The lowest BCUT2D eigenvalue weighted by Crippen LogP contribution is -2.33. The minimum absolute atomic E-state index is 0.0625. The van der Waals surface area contributed by atoms with Crippen molar-refractivity contribution in [3.63, 3.8) is 0 Å². The van der Waals surface area contributed by atoms with E-state index in [1.807, 2.05) is 0 Å². The largest absolute Gasteiger partial charge is 0.355 e. The minimum atomic E-state index is -0.0625. The highest BCUT2D eigenvalue weighted by Crippen LogP contribution is 1.95. The molecule has 0 radical (unpaired) electrons. The Morgan fingerprint density at radius 1 is 1.20 bits per heavy atom. The summed E-state index contributed by atoms with van der Waals surface area (Å²) in [5.74, 6) is -0.0625. The molecule has 0 bridgehead atoms. The monoisotopic (exact) mass is 215 g/mol. The maximum Gasteiger partial charge on any atom is 0.233 e. The average molecular weight is 215 g/mol. The lowest BCUT2D eigenvalue weighted by molar-refractivity contribution is -0.119. The van der Waals surface area contributed by atoms with Gasteiger partial charge < -0.3 is 16.0 Å². The predicted molar refractivity (Wildman–Crippen MR) is 63.7 cm³/mol. The maximum absolute atomic E-state index is 10.9. The summed E-state index contributed by atoms with van der Waals surface area (Å²) in [7, 11) is 0. The standard InChI is InChI=1S/C11H25N3O/c1-3-7-14(8-4-2)9-5-6-13-11(15)10-12/h3-10,12H2,1-2H3,(H,13,15). The van der Waals surface area contributed by atoms with E-state index in [0.29, 0.717) is 0 Å². The zero-order valence-electron chi connectivity index (χ0n) is 10.1. The molecule has 0 aromatic rings. The lowest BCUT2D eigenvalue weighted by atomic mass is 10.3. The maximum atomic E-state index is 10.9. The van der Waals surface area contributed by atoms with E-state index in [1.165, 1.54) is 12.8 Å². The van der Waals surface area contributed by atoms with Gasteiger partial charge in [-0.2, -0.15) is 0 Å². The SMILES string of the molecule is CCCN(CCC)CCCNC(=O)CN. The molecule has 0 fully saturated rings. The summed E-state index contributed by atoms with van der Waals surface area (Å²) in [6, 6.07) is 0. The highest BCUT2D eigenvalue weighted by atomic mass is 16.1. The number of amides is 1. The lowest BCUT2D eigenvalue weighted by Gasteiger charge is -2.20. The van der Waals surface area contributed by atoms with Crippen LogP contribution in [0.5, 0.6) is 0 Å². The summed E-state index contributed by atoms with van der Waals surface area (Å²) in [4.78, 5) is 13.3. The van der Waals surface area contributed by atoms with Crippen molar-refractivity contribution in [2.75, 3.05) is 32.7 Å². The third-order valence-electron chi connectivity index (χ3n) is 2.24. The fourth-order valence-corrected chi connectivity index (χ4v) is 1.57. The van der Waals surface area contributed by atoms with Crippen molar-refractivity contribution in [3.05, 3.63) is 0 Å². The molecule has 90 valence electrons. The van der Waals surface area contributed by atoms with Crippen LogP contribution in [0, 0.1) is 0 Å². The Balaban J connectivity index is 3.48. The zero-order chi connectivity index (χ0) is 11.5. The van der Waals surface area contributed by atoms with Crippen molar-refractivity contribution in [3.8, 4) is 0 Å². The number of carbonyl (C=O) groups is 1. The molecule has 0 rings (SSSR count). The molecule has 0 aliphatic rings. The van der Waals surface area contributed by atoms with E-state index >= 15 is 0 Å². The molecule has 1 amide bonds. The van der Waals surface area contributed by atoms with Crippen molar-refractivity contribution < 1.29 is 4.79 Å². The van der Waals surface area contributed by atoms with E-state index in [2.05, 4.69) is 24.1 Å². The van der Waals surface area contributed by atoms with Gasteiger partial charge in [0.15, 0.2) is 0 Å². The van der Waals surface area contributed by atoms with Gasteiger partial charge in [0.25, 0.3) is 0 Å². The summed E-state index contributed by atoms with van der Waals surface area (Å²) >= 11 is 0. The normalized spacial score (nSPS) is 10.7. The summed E-state index contributed by atoms with van der Waals surface area (Å²) < 4.78 is 0. The smallest absolute Gasteiger partial charge is 0.233 e. The van der Waals surface area contributed by atoms with Gasteiger partial charge >= 0.3 is 0 Å². The number of nitrogens with one attached hydrogen (secondary N) is 1. The molecular formula is C11H25N3O. The molecule has 0 aromatic carbocycles. The molecule has 4 heteroatoms. The first kappa shape index (κ1) is 14.4. The van der Waals surface area contributed by atoms with Gasteiger partial charge in [0.2, 0.25) is 5.91 Å². The van der Waals surface area contributed by atoms with Gasteiger partial charge in [0.05, 0.1) is 6.54 Å². The van der Waals surface area contributed by atoms with Crippen LogP contribution >= 0.6 is 0 Å². The molecule has 0 saturated heterocycles. The van der Waals surface area contributed by atoms with Gasteiger partial charge in [-0.25, -0.2) is 0 Å². The summed E-state index contributed by atoms with van der Waals surface area (Å²) in [6.07, 6.45) is 3.38. The van der Waals surface area contributed by atoms with Gasteiger partial charge in [-0.05, 0) is 38.9 Å². The molecule has 0 saturated carbocycles. The summed E-state index contributed by atoms with van der Waals surface area (Å²) in [5, 5.41) is 2.78. The Kier molecular flexibility index (Phi) is 9.52. The van der Waals surface area contributed by atoms with Crippen molar-refractivity contribution >= 4 is 5.91 Å². The molecule has 0 aliphatic carbocycles. The molecule has 0 spiro atoms. The van der Waals surface area contributed by atoms with E-state index in [9.17, 15) is 4.79 Å². The third kappa shape index (κ3) is 8.39. The fourth-order valence-electron chi connectivity index (χ4n) is 1.57. The van der Waals surface area contributed by atoms with Crippen molar-refractivity contribution in [1.29, 1.82) is 0 Å². The van der Waals surface area contributed by atoms with E-state index in [1.54, 1.807) is 0 Å². The van der Waals surface area contributed by atoms with Gasteiger partial charge in [-0.1, -0.05) is 13.8 Å².